The molecular weight excluding hydrogens is 240 g/mol. The van der Waals surface area contributed by atoms with Gasteiger partial charge in [-0.05, 0) is 25.2 Å². The number of nitrogens with two attached hydrogens (primary N) is 1. The monoisotopic (exact) mass is 262 g/mol. The van der Waals surface area contributed by atoms with Crippen LogP contribution >= 0.6 is 12.4 Å². The Morgan fingerprint density at radius 3 is 2.71 bits per heavy atom. The van der Waals surface area contributed by atoms with Crippen LogP contribution in [-0.2, 0) is 9.53 Å². The molecule has 0 aromatic heterocycles. The van der Waals surface area contributed by atoms with E-state index in [1.165, 1.54) is 6.42 Å². The number of nitrogens with zero attached hydrogens (tertiary/aromatic N) is 1. The Bertz CT molecular complexity index is 257. The molecule has 4 nitrogen and oxygen atoms in total. The number of ether oxygens (including phenoxy) is 1. The molecule has 2 N–H and O–H groups in total. The lowest BCUT2D eigenvalue weighted by Crippen LogP contribution is -2.39. The first-order valence-electron chi connectivity index (χ1n) is 6.27. The predicted octanol–water partition coefficient (Wildman–Crippen LogP) is 1.17. The van der Waals surface area contributed by atoms with Crippen molar-refractivity contribution in [2.75, 3.05) is 20.3 Å². The summed E-state index contributed by atoms with van der Waals surface area (Å²) in [7, 11) is 1.89. The number of amides is 1. The van der Waals surface area contributed by atoms with E-state index >= 15 is 0 Å². The van der Waals surface area contributed by atoms with E-state index in [1.807, 2.05) is 11.9 Å². The molecule has 5 heteroatoms. The lowest BCUT2D eigenvalue weighted by molar-refractivity contribution is -0.133. The van der Waals surface area contributed by atoms with E-state index in [-0.39, 0.29) is 30.4 Å². The summed E-state index contributed by atoms with van der Waals surface area (Å²) in [6.07, 6.45) is 4.96. The van der Waals surface area contributed by atoms with Crippen molar-refractivity contribution in [3.05, 3.63) is 0 Å². The molecule has 0 bridgehead atoms. The first kappa shape index (κ1) is 14.7. The molecule has 2 aliphatic rings. The van der Waals surface area contributed by atoms with Gasteiger partial charge in [-0.1, -0.05) is 6.42 Å². The van der Waals surface area contributed by atoms with E-state index in [0.29, 0.717) is 18.9 Å². The zero-order chi connectivity index (χ0) is 11.5. The smallest absolute Gasteiger partial charge is 0.222 e. The van der Waals surface area contributed by atoms with Crippen LogP contribution in [0.3, 0.4) is 0 Å². The van der Waals surface area contributed by atoms with Crippen molar-refractivity contribution in [3.63, 3.8) is 0 Å². The van der Waals surface area contributed by atoms with E-state index in [9.17, 15) is 4.79 Å². The molecule has 1 aliphatic heterocycles. The number of halogens is 1. The molecule has 1 aliphatic carbocycles. The Morgan fingerprint density at radius 2 is 2.18 bits per heavy atom. The highest BCUT2D eigenvalue weighted by molar-refractivity contribution is 5.85. The maximum absolute atomic E-state index is 12.0. The summed E-state index contributed by atoms with van der Waals surface area (Å²) in [6, 6.07) is 0.516. The molecule has 1 amide bonds. The molecule has 0 radical (unpaired) electrons. The second-order valence-corrected chi connectivity index (χ2v) is 5.08. The third-order valence-corrected chi connectivity index (χ3v) is 4.00. The Balaban J connectivity index is 0.00000144. The van der Waals surface area contributed by atoms with E-state index < -0.39 is 0 Å². The molecule has 3 atom stereocenters. The lowest BCUT2D eigenvalue weighted by atomic mass is 9.99. The molecule has 1 saturated carbocycles. The highest BCUT2D eigenvalue weighted by Crippen LogP contribution is 2.27. The number of hydrogen-bond donors (Lipinski definition) is 1. The van der Waals surface area contributed by atoms with Crippen LogP contribution in [0, 0.1) is 5.92 Å². The van der Waals surface area contributed by atoms with Gasteiger partial charge in [0.25, 0.3) is 0 Å². The van der Waals surface area contributed by atoms with Gasteiger partial charge in [-0.3, -0.25) is 4.79 Å². The summed E-state index contributed by atoms with van der Waals surface area (Å²) in [5, 5.41) is 0. The van der Waals surface area contributed by atoms with Gasteiger partial charge >= 0.3 is 0 Å². The molecule has 2 rings (SSSR count). The predicted molar refractivity (Wildman–Crippen MR) is 69.2 cm³/mol. The van der Waals surface area contributed by atoms with Crippen LogP contribution in [0.1, 0.15) is 32.1 Å². The van der Waals surface area contributed by atoms with E-state index in [4.69, 9.17) is 10.5 Å². The van der Waals surface area contributed by atoms with Crippen molar-refractivity contribution < 1.29 is 9.53 Å². The molecule has 0 aromatic carbocycles. The standard InChI is InChI=1S/C12H22N2O2.ClH/c1-14(10-5-6-16-8-10)12(15)7-9-3-2-4-11(9)13;/h9-11H,2-8,13H2,1H3;1H/t9-,10?,11+;/m0./s1. The fourth-order valence-electron chi connectivity index (χ4n) is 2.72. The third-order valence-electron chi connectivity index (χ3n) is 4.00. The molecule has 1 saturated heterocycles. The van der Waals surface area contributed by atoms with Crippen molar-refractivity contribution in [3.8, 4) is 0 Å². The molecule has 2 fully saturated rings. The normalized spacial score (nSPS) is 32.2. The maximum Gasteiger partial charge on any atom is 0.222 e. The topological polar surface area (TPSA) is 55.6 Å². The second kappa shape index (κ2) is 6.57. The third kappa shape index (κ3) is 3.57. The van der Waals surface area contributed by atoms with Crippen LogP contribution < -0.4 is 5.73 Å². The number of hydrogen-bond acceptors (Lipinski definition) is 3. The van der Waals surface area contributed by atoms with Gasteiger partial charge < -0.3 is 15.4 Å². The average molecular weight is 263 g/mol. The SMILES string of the molecule is CN(C(=O)C[C@@H]1CCC[C@H]1N)C1CCOC1.Cl. The van der Waals surface area contributed by atoms with Crippen molar-refractivity contribution in [1.29, 1.82) is 0 Å². The first-order chi connectivity index (χ1) is 7.68. The van der Waals surface area contributed by atoms with Gasteiger partial charge in [0.15, 0.2) is 0 Å². The van der Waals surface area contributed by atoms with E-state index in [1.54, 1.807) is 0 Å². The zero-order valence-electron chi connectivity index (χ0n) is 10.4. The Labute approximate surface area is 109 Å². The van der Waals surface area contributed by atoms with Crippen LogP contribution in [0.25, 0.3) is 0 Å². The Kier molecular flexibility index (Phi) is 5.70. The fourth-order valence-corrected chi connectivity index (χ4v) is 2.72. The van der Waals surface area contributed by atoms with Crippen molar-refractivity contribution in [1.82, 2.24) is 4.90 Å². The Morgan fingerprint density at radius 1 is 1.41 bits per heavy atom. The van der Waals surface area contributed by atoms with Gasteiger partial charge in [0, 0.05) is 26.1 Å². The number of carbonyl (C=O) groups excluding carboxylic acids is 1. The average Bonchev–Trinajstić information content (AvgIpc) is 2.89. The van der Waals surface area contributed by atoms with Crippen LogP contribution in [0.15, 0.2) is 0 Å². The molecule has 1 unspecified atom stereocenters. The minimum Gasteiger partial charge on any atom is -0.379 e. The maximum atomic E-state index is 12.0. The summed E-state index contributed by atoms with van der Waals surface area (Å²) >= 11 is 0. The summed E-state index contributed by atoms with van der Waals surface area (Å²) in [5.74, 6) is 0.634. The number of rotatable bonds is 3. The highest BCUT2D eigenvalue weighted by Gasteiger charge is 2.30. The largest absolute Gasteiger partial charge is 0.379 e. The summed E-state index contributed by atoms with van der Waals surface area (Å²) in [5.41, 5.74) is 5.99. The quantitative estimate of drug-likeness (QED) is 0.831. The van der Waals surface area contributed by atoms with Crippen molar-refractivity contribution >= 4 is 18.3 Å². The highest BCUT2D eigenvalue weighted by atomic mass is 35.5. The fraction of sp³-hybridized carbons (Fsp3) is 0.917. The first-order valence-corrected chi connectivity index (χ1v) is 6.27. The van der Waals surface area contributed by atoms with Crippen LogP contribution in [0.5, 0.6) is 0 Å². The van der Waals surface area contributed by atoms with Gasteiger partial charge in [-0.2, -0.15) is 0 Å². The van der Waals surface area contributed by atoms with Gasteiger partial charge in [0.2, 0.25) is 5.91 Å². The molecular formula is C12H23ClN2O2. The van der Waals surface area contributed by atoms with E-state index in [0.717, 1.165) is 25.9 Å². The van der Waals surface area contributed by atoms with Gasteiger partial charge in [0.1, 0.15) is 0 Å². The number of likely N-dealkylation sites (N-methyl/N-ethyl adjacent to an activating group) is 1. The molecule has 0 aromatic rings. The molecule has 100 valence electrons. The molecule has 0 spiro atoms. The van der Waals surface area contributed by atoms with Gasteiger partial charge in [-0.15, -0.1) is 12.4 Å². The Hall–Kier alpha value is -0.320. The van der Waals surface area contributed by atoms with Gasteiger partial charge in [0.05, 0.1) is 12.6 Å². The van der Waals surface area contributed by atoms with Gasteiger partial charge in [-0.25, -0.2) is 0 Å². The summed E-state index contributed by atoms with van der Waals surface area (Å²) < 4.78 is 5.30. The molecule has 1 heterocycles. The lowest BCUT2D eigenvalue weighted by Gasteiger charge is -2.25. The van der Waals surface area contributed by atoms with Crippen molar-refractivity contribution in [2.24, 2.45) is 11.7 Å². The van der Waals surface area contributed by atoms with Crippen molar-refractivity contribution in [2.45, 2.75) is 44.2 Å². The minimum absolute atomic E-state index is 0. The minimum atomic E-state index is 0. The van der Waals surface area contributed by atoms with E-state index in [2.05, 4.69) is 0 Å². The van der Waals surface area contributed by atoms with Crippen LogP contribution in [0.4, 0.5) is 0 Å². The van der Waals surface area contributed by atoms with Crippen LogP contribution in [-0.4, -0.2) is 43.2 Å². The summed E-state index contributed by atoms with van der Waals surface area (Å²) in [4.78, 5) is 13.9. The number of carbonyl (C=O) groups is 1. The molecule has 17 heavy (non-hydrogen) atoms. The summed E-state index contributed by atoms with van der Waals surface area (Å²) in [6.45, 7) is 1.48. The second-order valence-electron chi connectivity index (χ2n) is 5.08. The van der Waals surface area contributed by atoms with Crippen LogP contribution in [0.2, 0.25) is 0 Å². The zero-order valence-corrected chi connectivity index (χ0v) is 11.2.